The molecule has 1 saturated carbocycles. The molecule has 0 heterocycles. The zero-order valence-corrected chi connectivity index (χ0v) is 11.3. The normalized spacial score (nSPS) is 17.9. The third-order valence-corrected chi connectivity index (χ3v) is 4.49. The fraction of sp³-hybridized carbons (Fsp3) is 0.562. The average molecular weight is 248 g/mol. The topological polar surface area (TPSA) is 17.1 Å². The Bertz CT molecular complexity index is 444. The van der Waals surface area contributed by atoms with Gasteiger partial charge in [-0.25, -0.2) is 4.39 Å². The van der Waals surface area contributed by atoms with Gasteiger partial charge in [-0.2, -0.15) is 0 Å². The highest BCUT2D eigenvalue weighted by molar-refractivity contribution is 5.87. The number of halogens is 1. The van der Waals surface area contributed by atoms with Crippen LogP contribution in [0.2, 0.25) is 0 Å². The maximum Gasteiger partial charge on any atom is 0.143 e. The number of Topliss-reactive ketones (excluding diaryl/α,β-unsaturated/α-hetero) is 1. The number of benzene rings is 1. The zero-order valence-electron chi connectivity index (χ0n) is 11.3. The summed E-state index contributed by atoms with van der Waals surface area (Å²) in [6, 6.07) is 4.71. The Labute approximate surface area is 108 Å². The van der Waals surface area contributed by atoms with Crippen molar-refractivity contribution >= 4 is 5.78 Å². The standard InChI is InChI=1S/C16H21FO/c1-3-16(8-4-5-9-16)15(18)11-13-10-14(17)7-6-12(13)2/h6-7,10H,3-5,8-9,11H2,1-2H3. The third kappa shape index (κ3) is 2.47. The molecule has 98 valence electrons. The monoisotopic (exact) mass is 248 g/mol. The fourth-order valence-corrected chi connectivity index (χ4v) is 3.07. The summed E-state index contributed by atoms with van der Waals surface area (Å²) in [4.78, 5) is 12.5. The van der Waals surface area contributed by atoms with Crippen LogP contribution in [-0.2, 0) is 11.2 Å². The van der Waals surface area contributed by atoms with Crippen molar-refractivity contribution in [2.24, 2.45) is 5.41 Å². The van der Waals surface area contributed by atoms with Gasteiger partial charge in [0, 0.05) is 11.8 Å². The summed E-state index contributed by atoms with van der Waals surface area (Å²) in [6.45, 7) is 4.04. The molecule has 0 aliphatic heterocycles. The van der Waals surface area contributed by atoms with Crippen molar-refractivity contribution in [3.05, 3.63) is 35.1 Å². The molecule has 0 atom stereocenters. The first-order chi connectivity index (χ1) is 8.57. The van der Waals surface area contributed by atoms with E-state index in [0.717, 1.165) is 43.2 Å². The Morgan fingerprint density at radius 3 is 2.61 bits per heavy atom. The summed E-state index contributed by atoms with van der Waals surface area (Å²) in [5, 5.41) is 0. The highest BCUT2D eigenvalue weighted by atomic mass is 19.1. The highest BCUT2D eigenvalue weighted by Crippen LogP contribution is 2.42. The molecule has 1 aliphatic rings. The smallest absolute Gasteiger partial charge is 0.143 e. The van der Waals surface area contributed by atoms with Crippen molar-refractivity contribution in [2.75, 3.05) is 0 Å². The number of hydrogen-bond acceptors (Lipinski definition) is 1. The summed E-state index contributed by atoms with van der Waals surface area (Å²) in [5.74, 6) is 0.0524. The summed E-state index contributed by atoms with van der Waals surface area (Å²) < 4.78 is 13.2. The summed E-state index contributed by atoms with van der Waals surface area (Å²) in [7, 11) is 0. The minimum Gasteiger partial charge on any atom is -0.299 e. The van der Waals surface area contributed by atoms with Crippen molar-refractivity contribution in [1.29, 1.82) is 0 Å². The van der Waals surface area contributed by atoms with Crippen LogP contribution >= 0.6 is 0 Å². The van der Waals surface area contributed by atoms with E-state index in [1.165, 1.54) is 12.1 Å². The van der Waals surface area contributed by atoms with Crippen LogP contribution < -0.4 is 0 Å². The third-order valence-electron chi connectivity index (χ3n) is 4.49. The largest absolute Gasteiger partial charge is 0.299 e. The second-order valence-corrected chi connectivity index (χ2v) is 5.51. The fourth-order valence-electron chi connectivity index (χ4n) is 3.07. The van der Waals surface area contributed by atoms with Crippen LogP contribution in [0, 0.1) is 18.2 Å². The van der Waals surface area contributed by atoms with E-state index in [1.807, 2.05) is 6.92 Å². The SMILES string of the molecule is CCC1(C(=O)Cc2cc(F)ccc2C)CCCC1. The van der Waals surface area contributed by atoms with Gasteiger partial charge in [0.1, 0.15) is 11.6 Å². The first-order valence-electron chi connectivity index (χ1n) is 6.86. The van der Waals surface area contributed by atoms with Gasteiger partial charge in [-0.3, -0.25) is 4.79 Å². The average Bonchev–Trinajstić information content (AvgIpc) is 2.84. The maximum atomic E-state index is 13.2. The minimum absolute atomic E-state index is 0.126. The highest BCUT2D eigenvalue weighted by Gasteiger charge is 2.38. The molecule has 0 amide bonds. The van der Waals surface area contributed by atoms with Crippen molar-refractivity contribution in [3.8, 4) is 0 Å². The van der Waals surface area contributed by atoms with Crippen LogP contribution in [0.5, 0.6) is 0 Å². The van der Waals surface area contributed by atoms with Gasteiger partial charge in [0.25, 0.3) is 0 Å². The van der Waals surface area contributed by atoms with E-state index in [1.54, 1.807) is 6.07 Å². The van der Waals surface area contributed by atoms with E-state index in [-0.39, 0.29) is 11.2 Å². The van der Waals surface area contributed by atoms with E-state index in [2.05, 4.69) is 6.92 Å². The van der Waals surface area contributed by atoms with Gasteiger partial charge in [0.05, 0.1) is 0 Å². The molecule has 1 aromatic rings. The molecule has 0 bridgehead atoms. The minimum atomic E-state index is -0.250. The van der Waals surface area contributed by atoms with Gasteiger partial charge in [-0.15, -0.1) is 0 Å². The van der Waals surface area contributed by atoms with Crippen molar-refractivity contribution < 1.29 is 9.18 Å². The second kappa shape index (κ2) is 5.21. The number of carbonyl (C=O) groups is 1. The lowest BCUT2D eigenvalue weighted by molar-refractivity contribution is -0.128. The zero-order chi connectivity index (χ0) is 13.2. The molecule has 0 spiro atoms. The van der Waals surface area contributed by atoms with Crippen LogP contribution in [0.3, 0.4) is 0 Å². The lowest BCUT2D eigenvalue weighted by Gasteiger charge is -2.26. The predicted molar refractivity (Wildman–Crippen MR) is 71.0 cm³/mol. The van der Waals surface area contributed by atoms with Crippen molar-refractivity contribution in [1.82, 2.24) is 0 Å². The number of rotatable bonds is 4. The predicted octanol–water partition coefficient (Wildman–Crippen LogP) is 4.22. The summed E-state index contributed by atoms with van der Waals surface area (Å²) in [5.41, 5.74) is 1.73. The molecule has 0 unspecified atom stereocenters. The molecular formula is C16H21FO. The molecule has 0 saturated heterocycles. The molecule has 1 aliphatic carbocycles. The molecule has 2 rings (SSSR count). The van der Waals surface area contributed by atoms with Gasteiger partial charge >= 0.3 is 0 Å². The van der Waals surface area contributed by atoms with Crippen LogP contribution in [-0.4, -0.2) is 5.78 Å². The van der Waals surface area contributed by atoms with E-state index in [0.29, 0.717) is 12.2 Å². The van der Waals surface area contributed by atoms with E-state index in [4.69, 9.17) is 0 Å². The van der Waals surface area contributed by atoms with Gasteiger partial charge in [0.15, 0.2) is 0 Å². The Morgan fingerprint density at radius 2 is 2.00 bits per heavy atom. The van der Waals surface area contributed by atoms with Gasteiger partial charge in [-0.1, -0.05) is 25.8 Å². The number of aryl methyl sites for hydroxylation is 1. The Balaban J connectivity index is 2.18. The van der Waals surface area contributed by atoms with Crippen LogP contribution in [0.25, 0.3) is 0 Å². The molecule has 0 aromatic heterocycles. The lowest BCUT2D eigenvalue weighted by atomic mass is 9.77. The summed E-state index contributed by atoms with van der Waals surface area (Å²) in [6.07, 6.45) is 5.63. The Kier molecular flexibility index (Phi) is 3.84. The van der Waals surface area contributed by atoms with Gasteiger partial charge in [0.2, 0.25) is 0 Å². The molecule has 18 heavy (non-hydrogen) atoms. The molecular weight excluding hydrogens is 227 g/mol. The first kappa shape index (κ1) is 13.3. The van der Waals surface area contributed by atoms with Crippen LogP contribution in [0.4, 0.5) is 4.39 Å². The van der Waals surface area contributed by atoms with Gasteiger partial charge < -0.3 is 0 Å². The van der Waals surface area contributed by atoms with Crippen molar-refractivity contribution in [2.45, 2.75) is 52.4 Å². The number of carbonyl (C=O) groups excluding carboxylic acids is 1. The quantitative estimate of drug-likeness (QED) is 0.779. The van der Waals surface area contributed by atoms with E-state index < -0.39 is 0 Å². The lowest BCUT2D eigenvalue weighted by Crippen LogP contribution is -2.29. The molecule has 2 heteroatoms. The number of hydrogen-bond donors (Lipinski definition) is 0. The maximum absolute atomic E-state index is 13.2. The molecule has 1 aromatic carbocycles. The molecule has 0 radical (unpaired) electrons. The molecule has 1 fully saturated rings. The first-order valence-corrected chi connectivity index (χ1v) is 6.86. The van der Waals surface area contributed by atoms with Crippen LogP contribution in [0.1, 0.15) is 50.2 Å². The van der Waals surface area contributed by atoms with Crippen molar-refractivity contribution in [3.63, 3.8) is 0 Å². The number of ketones is 1. The molecule has 0 N–H and O–H groups in total. The second-order valence-electron chi connectivity index (χ2n) is 5.51. The van der Waals surface area contributed by atoms with Gasteiger partial charge in [-0.05, 0) is 49.4 Å². The Morgan fingerprint density at radius 1 is 1.33 bits per heavy atom. The Hall–Kier alpha value is -1.18. The molecule has 1 nitrogen and oxygen atoms in total. The van der Waals surface area contributed by atoms with E-state index >= 15 is 0 Å². The van der Waals surface area contributed by atoms with Crippen LogP contribution in [0.15, 0.2) is 18.2 Å². The summed E-state index contributed by atoms with van der Waals surface area (Å²) >= 11 is 0. The van der Waals surface area contributed by atoms with E-state index in [9.17, 15) is 9.18 Å².